The van der Waals surface area contributed by atoms with E-state index >= 15 is 0 Å². The molecule has 146 valence electrons. The fraction of sp³-hybridized carbons (Fsp3) is 0.190. The number of morpholine rings is 1. The second-order valence-electron chi connectivity index (χ2n) is 6.93. The highest BCUT2D eigenvalue weighted by molar-refractivity contribution is 6.06. The van der Waals surface area contributed by atoms with Gasteiger partial charge in [0.15, 0.2) is 0 Å². The Labute approximate surface area is 165 Å². The Hall–Kier alpha value is -3.52. The van der Waals surface area contributed by atoms with Crippen molar-refractivity contribution in [1.82, 2.24) is 14.5 Å². The molecule has 0 bridgehead atoms. The SMILES string of the molecule is NC(=O)c1cc(N2CCOCC2)cc2c1ncn2-c1ccnc2cc(F)ccc12. The number of carbonyl (C=O) groups is 1. The number of imidazole rings is 1. The highest BCUT2D eigenvalue weighted by Crippen LogP contribution is 2.30. The lowest BCUT2D eigenvalue weighted by Gasteiger charge is -2.29. The van der Waals surface area contributed by atoms with Crippen molar-refractivity contribution in [2.45, 2.75) is 0 Å². The zero-order chi connectivity index (χ0) is 20.0. The van der Waals surface area contributed by atoms with Gasteiger partial charge in [0.2, 0.25) is 0 Å². The van der Waals surface area contributed by atoms with Crippen LogP contribution in [0, 0.1) is 5.82 Å². The van der Waals surface area contributed by atoms with Gasteiger partial charge in [0.25, 0.3) is 5.91 Å². The summed E-state index contributed by atoms with van der Waals surface area (Å²) in [7, 11) is 0. The molecule has 0 saturated carbocycles. The van der Waals surface area contributed by atoms with Gasteiger partial charge in [-0.3, -0.25) is 14.3 Å². The van der Waals surface area contributed by atoms with Crippen molar-refractivity contribution in [1.29, 1.82) is 0 Å². The second-order valence-corrected chi connectivity index (χ2v) is 6.93. The number of benzene rings is 2. The Balaban J connectivity index is 1.75. The van der Waals surface area contributed by atoms with E-state index in [1.54, 1.807) is 24.7 Å². The van der Waals surface area contributed by atoms with Crippen molar-refractivity contribution in [2.75, 3.05) is 31.2 Å². The molecule has 1 saturated heterocycles. The van der Waals surface area contributed by atoms with Crippen LogP contribution < -0.4 is 10.6 Å². The first-order chi connectivity index (χ1) is 14.1. The molecule has 4 aromatic rings. The molecule has 0 radical (unpaired) electrons. The number of halogens is 1. The van der Waals surface area contributed by atoms with Crippen molar-refractivity contribution in [3.8, 4) is 5.69 Å². The van der Waals surface area contributed by atoms with Crippen LogP contribution in [0.15, 0.2) is 48.9 Å². The Morgan fingerprint density at radius 3 is 2.72 bits per heavy atom. The molecule has 0 spiro atoms. The van der Waals surface area contributed by atoms with Crippen molar-refractivity contribution in [3.63, 3.8) is 0 Å². The molecule has 0 unspecified atom stereocenters. The number of amides is 1. The molecule has 1 fully saturated rings. The molecule has 1 aliphatic rings. The zero-order valence-corrected chi connectivity index (χ0v) is 15.5. The summed E-state index contributed by atoms with van der Waals surface area (Å²) < 4.78 is 21.0. The number of pyridine rings is 1. The first kappa shape index (κ1) is 17.6. The van der Waals surface area contributed by atoms with Gasteiger partial charge >= 0.3 is 0 Å². The third kappa shape index (κ3) is 2.98. The van der Waals surface area contributed by atoms with Gasteiger partial charge in [-0.1, -0.05) is 0 Å². The van der Waals surface area contributed by atoms with Crippen LogP contribution in [0.1, 0.15) is 10.4 Å². The number of ether oxygens (including phenoxy) is 1. The molecule has 2 aromatic carbocycles. The van der Waals surface area contributed by atoms with Crippen molar-refractivity contribution < 1.29 is 13.9 Å². The predicted octanol–water partition coefficient (Wildman–Crippen LogP) is 2.65. The standard InChI is InChI=1S/C21H18FN5O2/c22-13-1-2-15-17(9-13)24-4-3-18(15)27-12-25-20-16(21(23)28)10-14(11-19(20)27)26-5-7-29-8-6-26/h1-4,9-12H,5-8H2,(H2,23,28). The Bertz CT molecular complexity index is 1250. The van der Waals surface area contributed by atoms with Gasteiger partial charge in [0.05, 0.1) is 35.5 Å². The molecule has 29 heavy (non-hydrogen) atoms. The molecule has 0 atom stereocenters. The van der Waals surface area contributed by atoms with Crippen LogP contribution in [-0.4, -0.2) is 46.7 Å². The molecular weight excluding hydrogens is 373 g/mol. The number of anilines is 1. The molecule has 2 N–H and O–H groups in total. The fourth-order valence-corrected chi connectivity index (χ4v) is 3.80. The van der Waals surface area contributed by atoms with Crippen molar-refractivity contribution >= 4 is 33.5 Å². The number of rotatable bonds is 3. The number of primary amides is 1. The average Bonchev–Trinajstić information content (AvgIpc) is 3.16. The van der Waals surface area contributed by atoms with Crippen LogP contribution >= 0.6 is 0 Å². The van der Waals surface area contributed by atoms with E-state index in [2.05, 4.69) is 14.9 Å². The third-order valence-electron chi connectivity index (χ3n) is 5.22. The molecular formula is C21H18FN5O2. The molecule has 7 nitrogen and oxygen atoms in total. The number of hydrogen-bond donors (Lipinski definition) is 1. The molecule has 5 rings (SSSR count). The maximum atomic E-state index is 13.6. The van der Waals surface area contributed by atoms with E-state index in [0.29, 0.717) is 29.8 Å². The minimum absolute atomic E-state index is 0.344. The molecule has 1 amide bonds. The van der Waals surface area contributed by atoms with Gasteiger partial charge in [-0.05, 0) is 30.3 Å². The van der Waals surface area contributed by atoms with E-state index in [9.17, 15) is 9.18 Å². The molecule has 8 heteroatoms. The van der Waals surface area contributed by atoms with Gasteiger partial charge in [0.1, 0.15) is 17.7 Å². The van der Waals surface area contributed by atoms with E-state index < -0.39 is 5.91 Å². The summed E-state index contributed by atoms with van der Waals surface area (Å²) in [5, 5.41) is 0.783. The van der Waals surface area contributed by atoms with Gasteiger partial charge in [-0.2, -0.15) is 0 Å². The summed E-state index contributed by atoms with van der Waals surface area (Å²) in [6.45, 7) is 2.72. The number of fused-ring (bicyclic) bond motifs is 2. The van der Waals surface area contributed by atoms with Gasteiger partial charge in [0, 0.05) is 36.4 Å². The van der Waals surface area contributed by atoms with Crippen LogP contribution in [0.2, 0.25) is 0 Å². The summed E-state index contributed by atoms with van der Waals surface area (Å²) in [5.74, 6) is -0.875. The van der Waals surface area contributed by atoms with Crippen LogP contribution in [0.4, 0.5) is 10.1 Å². The normalized spacial score (nSPS) is 14.6. The summed E-state index contributed by atoms with van der Waals surface area (Å²) >= 11 is 0. The minimum Gasteiger partial charge on any atom is -0.378 e. The third-order valence-corrected chi connectivity index (χ3v) is 5.22. The van der Waals surface area contributed by atoms with Crippen LogP contribution in [0.5, 0.6) is 0 Å². The predicted molar refractivity (Wildman–Crippen MR) is 108 cm³/mol. The monoisotopic (exact) mass is 391 g/mol. The summed E-state index contributed by atoms with van der Waals surface area (Å²) in [5.41, 5.74) is 9.53. The largest absolute Gasteiger partial charge is 0.378 e. The van der Waals surface area contributed by atoms with Gasteiger partial charge in [-0.15, -0.1) is 0 Å². The minimum atomic E-state index is -0.531. The quantitative estimate of drug-likeness (QED) is 0.580. The Kier molecular flexibility index (Phi) is 4.13. The molecule has 3 heterocycles. The van der Waals surface area contributed by atoms with E-state index in [1.807, 2.05) is 16.7 Å². The highest BCUT2D eigenvalue weighted by Gasteiger charge is 2.19. The Morgan fingerprint density at radius 2 is 1.93 bits per heavy atom. The number of hydrogen-bond acceptors (Lipinski definition) is 5. The number of carbonyl (C=O) groups excluding carboxylic acids is 1. The number of nitrogens with zero attached hydrogens (tertiary/aromatic N) is 4. The van der Waals surface area contributed by atoms with Crippen LogP contribution in [-0.2, 0) is 4.74 Å². The molecule has 1 aliphatic heterocycles. The van der Waals surface area contributed by atoms with Crippen LogP contribution in [0.25, 0.3) is 27.6 Å². The van der Waals surface area contributed by atoms with E-state index in [-0.39, 0.29) is 5.82 Å². The smallest absolute Gasteiger partial charge is 0.251 e. The summed E-state index contributed by atoms with van der Waals surface area (Å²) in [6, 6.07) is 10.1. The van der Waals surface area contributed by atoms with Crippen molar-refractivity contribution in [3.05, 3.63) is 60.3 Å². The van der Waals surface area contributed by atoms with E-state index in [4.69, 9.17) is 10.5 Å². The fourth-order valence-electron chi connectivity index (χ4n) is 3.80. The molecule has 0 aliphatic carbocycles. The Morgan fingerprint density at radius 1 is 1.10 bits per heavy atom. The first-order valence-electron chi connectivity index (χ1n) is 9.30. The topological polar surface area (TPSA) is 86.3 Å². The number of aromatic nitrogens is 3. The lowest BCUT2D eigenvalue weighted by Crippen LogP contribution is -2.36. The highest BCUT2D eigenvalue weighted by atomic mass is 19.1. The number of nitrogens with two attached hydrogens (primary N) is 1. The lowest BCUT2D eigenvalue weighted by atomic mass is 10.1. The molecule has 2 aromatic heterocycles. The summed E-state index contributed by atoms with van der Waals surface area (Å²) in [6.07, 6.45) is 3.28. The first-order valence-corrected chi connectivity index (χ1v) is 9.30. The lowest BCUT2D eigenvalue weighted by molar-refractivity contribution is 0.100. The second kappa shape index (κ2) is 6.82. The van der Waals surface area contributed by atoms with Crippen molar-refractivity contribution in [2.24, 2.45) is 5.73 Å². The van der Waals surface area contributed by atoms with E-state index in [1.165, 1.54) is 12.1 Å². The maximum absolute atomic E-state index is 13.6. The van der Waals surface area contributed by atoms with Gasteiger partial charge < -0.3 is 15.4 Å². The summed E-state index contributed by atoms with van der Waals surface area (Å²) in [4.78, 5) is 23.0. The van der Waals surface area contributed by atoms with E-state index in [0.717, 1.165) is 35.4 Å². The average molecular weight is 391 g/mol. The zero-order valence-electron chi connectivity index (χ0n) is 15.5. The van der Waals surface area contributed by atoms with Gasteiger partial charge in [-0.25, -0.2) is 9.37 Å². The maximum Gasteiger partial charge on any atom is 0.251 e. The van der Waals surface area contributed by atoms with Crippen LogP contribution in [0.3, 0.4) is 0 Å².